The van der Waals surface area contributed by atoms with Gasteiger partial charge in [-0.3, -0.25) is 4.90 Å². The van der Waals surface area contributed by atoms with Crippen LogP contribution < -0.4 is 10.6 Å². The summed E-state index contributed by atoms with van der Waals surface area (Å²) in [5.41, 5.74) is 4.30. The van der Waals surface area contributed by atoms with Crippen LogP contribution in [-0.2, 0) is 13.1 Å². The molecule has 0 saturated carbocycles. The molecule has 1 aliphatic rings. The van der Waals surface area contributed by atoms with E-state index in [-0.39, 0.29) is 0 Å². The van der Waals surface area contributed by atoms with Crippen LogP contribution in [-0.4, -0.2) is 41.6 Å². The zero-order valence-electron chi connectivity index (χ0n) is 17.9. The SMILES string of the molecule is CCNC(=NCc1cc(C)c(O)c(C)c1)NC1CCN(Cc2ccccc2)CC1. The fourth-order valence-corrected chi connectivity index (χ4v) is 3.90. The molecule has 0 atom stereocenters. The number of hydrogen-bond donors (Lipinski definition) is 3. The molecular weight excluding hydrogens is 360 g/mol. The van der Waals surface area contributed by atoms with Crippen molar-refractivity contribution in [3.8, 4) is 5.75 Å². The second-order valence-electron chi connectivity index (χ2n) is 7.95. The molecule has 2 aromatic carbocycles. The Morgan fingerprint density at radius 1 is 1.07 bits per heavy atom. The van der Waals surface area contributed by atoms with Gasteiger partial charge in [-0.15, -0.1) is 0 Å². The number of phenolic OH excluding ortho intramolecular Hbond substituents is 1. The van der Waals surface area contributed by atoms with Crippen molar-refractivity contribution < 1.29 is 5.11 Å². The second kappa shape index (κ2) is 10.3. The third-order valence-electron chi connectivity index (χ3n) is 5.49. The first kappa shape index (κ1) is 21.2. The first-order valence-corrected chi connectivity index (χ1v) is 10.7. The lowest BCUT2D eigenvalue weighted by Crippen LogP contribution is -2.48. The number of nitrogens with zero attached hydrogens (tertiary/aromatic N) is 2. The molecule has 0 aromatic heterocycles. The predicted molar refractivity (Wildman–Crippen MR) is 120 cm³/mol. The molecule has 0 aliphatic carbocycles. The smallest absolute Gasteiger partial charge is 0.191 e. The number of hydrogen-bond acceptors (Lipinski definition) is 3. The minimum atomic E-state index is 0.380. The molecular formula is C24H34N4O. The van der Waals surface area contributed by atoms with Gasteiger partial charge < -0.3 is 15.7 Å². The summed E-state index contributed by atoms with van der Waals surface area (Å²) in [6.07, 6.45) is 2.24. The van der Waals surface area contributed by atoms with Gasteiger partial charge in [0.2, 0.25) is 0 Å². The third-order valence-corrected chi connectivity index (χ3v) is 5.49. The van der Waals surface area contributed by atoms with Crippen molar-refractivity contribution >= 4 is 5.96 Å². The Morgan fingerprint density at radius 2 is 1.72 bits per heavy atom. The van der Waals surface area contributed by atoms with Crippen LogP contribution in [0.3, 0.4) is 0 Å². The van der Waals surface area contributed by atoms with Gasteiger partial charge in [0, 0.05) is 32.2 Å². The molecule has 156 valence electrons. The number of guanidine groups is 1. The maximum atomic E-state index is 9.96. The summed E-state index contributed by atoms with van der Waals surface area (Å²) in [4.78, 5) is 7.30. The van der Waals surface area contributed by atoms with Crippen molar-refractivity contribution in [2.45, 2.75) is 52.7 Å². The lowest BCUT2D eigenvalue weighted by molar-refractivity contribution is 0.198. The highest BCUT2D eigenvalue weighted by molar-refractivity contribution is 5.80. The van der Waals surface area contributed by atoms with Gasteiger partial charge in [0.1, 0.15) is 5.75 Å². The van der Waals surface area contributed by atoms with E-state index >= 15 is 0 Å². The minimum absolute atomic E-state index is 0.380. The molecule has 2 aromatic rings. The molecule has 1 heterocycles. The number of phenols is 1. The van der Waals surface area contributed by atoms with E-state index in [2.05, 4.69) is 52.8 Å². The van der Waals surface area contributed by atoms with Gasteiger partial charge in [0.25, 0.3) is 0 Å². The molecule has 3 rings (SSSR count). The van der Waals surface area contributed by atoms with Crippen LogP contribution in [0, 0.1) is 13.8 Å². The summed E-state index contributed by atoms with van der Waals surface area (Å²) < 4.78 is 0. The van der Waals surface area contributed by atoms with E-state index in [0.29, 0.717) is 18.3 Å². The molecule has 1 fully saturated rings. The van der Waals surface area contributed by atoms with Crippen LogP contribution in [0.15, 0.2) is 47.5 Å². The molecule has 1 aliphatic heterocycles. The number of aromatic hydroxyl groups is 1. The monoisotopic (exact) mass is 394 g/mol. The van der Waals surface area contributed by atoms with Crippen LogP contribution in [0.25, 0.3) is 0 Å². The summed E-state index contributed by atoms with van der Waals surface area (Å²) >= 11 is 0. The van der Waals surface area contributed by atoms with Crippen molar-refractivity contribution in [3.05, 3.63) is 64.7 Å². The highest BCUT2D eigenvalue weighted by Crippen LogP contribution is 2.23. The summed E-state index contributed by atoms with van der Waals surface area (Å²) in [6.45, 7) is 10.6. The molecule has 5 nitrogen and oxygen atoms in total. The Morgan fingerprint density at radius 3 is 2.34 bits per heavy atom. The van der Waals surface area contributed by atoms with Crippen molar-refractivity contribution in [2.75, 3.05) is 19.6 Å². The molecule has 0 amide bonds. The molecule has 3 N–H and O–H groups in total. The normalized spacial score (nSPS) is 16.0. The molecule has 0 radical (unpaired) electrons. The molecule has 1 saturated heterocycles. The van der Waals surface area contributed by atoms with E-state index in [4.69, 9.17) is 4.99 Å². The van der Waals surface area contributed by atoms with Crippen LogP contribution in [0.1, 0.15) is 42.0 Å². The number of aliphatic imine (C=N–C) groups is 1. The Kier molecular flexibility index (Phi) is 7.53. The van der Waals surface area contributed by atoms with Gasteiger partial charge in [-0.25, -0.2) is 4.99 Å². The van der Waals surface area contributed by atoms with Crippen molar-refractivity contribution in [1.82, 2.24) is 15.5 Å². The average molecular weight is 395 g/mol. The highest BCUT2D eigenvalue weighted by atomic mass is 16.3. The van der Waals surface area contributed by atoms with Crippen LogP contribution in [0.4, 0.5) is 0 Å². The fraction of sp³-hybridized carbons (Fsp3) is 0.458. The zero-order chi connectivity index (χ0) is 20.6. The summed E-state index contributed by atoms with van der Waals surface area (Å²) in [5.74, 6) is 1.25. The number of rotatable bonds is 6. The quantitative estimate of drug-likeness (QED) is 0.516. The summed E-state index contributed by atoms with van der Waals surface area (Å²) in [6, 6.07) is 15.2. The first-order chi connectivity index (χ1) is 14.0. The standard InChI is InChI=1S/C24H34N4O/c1-4-25-24(26-16-21-14-18(2)23(29)19(3)15-21)27-22-10-12-28(13-11-22)17-20-8-6-5-7-9-20/h5-9,14-15,22,29H,4,10-13,16-17H2,1-3H3,(H2,25,26,27). The summed E-state index contributed by atoms with van der Waals surface area (Å²) in [5, 5.41) is 16.9. The van der Waals surface area contributed by atoms with Gasteiger partial charge in [-0.05, 0) is 55.9 Å². The average Bonchev–Trinajstić information content (AvgIpc) is 2.72. The van der Waals surface area contributed by atoms with E-state index in [0.717, 1.165) is 61.7 Å². The summed E-state index contributed by atoms with van der Waals surface area (Å²) in [7, 11) is 0. The topological polar surface area (TPSA) is 59.9 Å². The lowest BCUT2D eigenvalue weighted by atomic mass is 10.0. The molecule has 0 unspecified atom stereocenters. The molecule has 29 heavy (non-hydrogen) atoms. The van der Waals surface area contributed by atoms with E-state index < -0.39 is 0 Å². The van der Waals surface area contributed by atoms with Gasteiger partial charge in [0.15, 0.2) is 5.96 Å². The Balaban J connectivity index is 1.53. The van der Waals surface area contributed by atoms with Crippen molar-refractivity contribution in [2.24, 2.45) is 4.99 Å². The van der Waals surface area contributed by atoms with Crippen LogP contribution in [0.5, 0.6) is 5.75 Å². The first-order valence-electron chi connectivity index (χ1n) is 10.7. The number of benzene rings is 2. The van der Waals surface area contributed by atoms with Gasteiger partial charge in [-0.2, -0.15) is 0 Å². The zero-order valence-corrected chi connectivity index (χ0v) is 17.9. The van der Waals surface area contributed by atoms with E-state index in [1.807, 2.05) is 26.0 Å². The largest absolute Gasteiger partial charge is 0.507 e. The number of piperidine rings is 1. The van der Waals surface area contributed by atoms with E-state index in [1.165, 1.54) is 5.56 Å². The number of nitrogens with one attached hydrogen (secondary N) is 2. The number of aryl methyl sites for hydroxylation is 2. The van der Waals surface area contributed by atoms with Crippen molar-refractivity contribution in [3.63, 3.8) is 0 Å². The second-order valence-corrected chi connectivity index (χ2v) is 7.95. The molecule has 0 bridgehead atoms. The predicted octanol–water partition coefficient (Wildman–Crippen LogP) is 3.73. The fourth-order valence-electron chi connectivity index (χ4n) is 3.90. The van der Waals surface area contributed by atoms with Crippen LogP contribution >= 0.6 is 0 Å². The Bertz CT molecular complexity index is 788. The third kappa shape index (κ3) is 6.23. The van der Waals surface area contributed by atoms with Crippen LogP contribution in [0.2, 0.25) is 0 Å². The van der Waals surface area contributed by atoms with Gasteiger partial charge in [-0.1, -0.05) is 42.5 Å². The van der Waals surface area contributed by atoms with Gasteiger partial charge in [0.05, 0.1) is 6.54 Å². The van der Waals surface area contributed by atoms with E-state index in [1.54, 1.807) is 0 Å². The maximum absolute atomic E-state index is 9.96. The minimum Gasteiger partial charge on any atom is -0.507 e. The van der Waals surface area contributed by atoms with Crippen molar-refractivity contribution in [1.29, 1.82) is 0 Å². The number of likely N-dealkylation sites (tertiary alicyclic amines) is 1. The lowest BCUT2D eigenvalue weighted by Gasteiger charge is -2.33. The molecule has 5 heteroatoms. The maximum Gasteiger partial charge on any atom is 0.191 e. The van der Waals surface area contributed by atoms with Gasteiger partial charge >= 0.3 is 0 Å². The highest BCUT2D eigenvalue weighted by Gasteiger charge is 2.20. The van der Waals surface area contributed by atoms with E-state index in [9.17, 15) is 5.11 Å². The molecule has 0 spiro atoms. The Hall–Kier alpha value is -2.53. The Labute approximate surface area is 174 Å².